The van der Waals surface area contributed by atoms with Gasteiger partial charge in [0, 0.05) is 5.41 Å². The van der Waals surface area contributed by atoms with Crippen molar-refractivity contribution in [2.45, 2.75) is 52.6 Å². The van der Waals surface area contributed by atoms with Crippen LogP contribution in [0.4, 0.5) is 0 Å². The summed E-state index contributed by atoms with van der Waals surface area (Å²) in [6, 6.07) is 0. The van der Waals surface area contributed by atoms with Gasteiger partial charge >= 0.3 is 5.97 Å². The molecule has 1 saturated heterocycles. The molecule has 0 radical (unpaired) electrons. The summed E-state index contributed by atoms with van der Waals surface area (Å²) in [7, 11) is 0. The van der Waals surface area contributed by atoms with E-state index in [2.05, 4.69) is 20.8 Å². The summed E-state index contributed by atoms with van der Waals surface area (Å²) in [5, 5.41) is 0. The zero-order valence-corrected chi connectivity index (χ0v) is 9.22. The molecule has 0 aromatic heterocycles. The summed E-state index contributed by atoms with van der Waals surface area (Å²) in [6.45, 7) is 6.74. The van der Waals surface area contributed by atoms with Gasteiger partial charge in [-0.1, -0.05) is 13.8 Å². The standard InChI is InChI=1S/C12H18O2/c1-10-5-4-8-12(10,3)11(2,7-6-10)9(13)14-8/h8H,4-7H2,1-3H3/t8-,10-,11-,12-/m0/s1. The van der Waals surface area contributed by atoms with Crippen LogP contribution in [-0.2, 0) is 9.53 Å². The molecule has 2 saturated carbocycles. The number of rotatable bonds is 0. The van der Waals surface area contributed by atoms with Crippen molar-refractivity contribution in [3.05, 3.63) is 0 Å². The van der Waals surface area contributed by atoms with Crippen LogP contribution in [0.5, 0.6) is 0 Å². The predicted octanol–water partition coefficient (Wildman–Crippen LogP) is 2.52. The molecule has 3 fully saturated rings. The summed E-state index contributed by atoms with van der Waals surface area (Å²) in [4.78, 5) is 11.9. The van der Waals surface area contributed by atoms with Crippen molar-refractivity contribution < 1.29 is 9.53 Å². The molecule has 4 atom stereocenters. The molecule has 3 rings (SSSR count). The molecule has 0 spiro atoms. The first kappa shape index (κ1) is 8.75. The second-order valence-corrected chi connectivity index (χ2v) is 6.03. The monoisotopic (exact) mass is 194 g/mol. The number of hydrogen-bond acceptors (Lipinski definition) is 2. The number of carbonyl (C=O) groups excluding carboxylic acids is 1. The van der Waals surface area contributed by atoms with Crippen molar-refractivity contribution in [1.82, 2.24) is 0 Å². The molecular weight excluding hydrogens is 176 g/mol. The van der Waals surface area contributed by atoms with E-state index in [1.165, 1.54) is 12.8 Å². The second-order valence-electron chi connectivity index (χ2n) is 6.03. The average molecular weight is 194 g/mol. The van der Waals surface area contributed by atoms with Crippen molar-refractivity contribution in [2.24, 2.45) is 16.2 Å². The Kier molecular flexibility index (Phi) is 1.27. The second kappa shape index (κ2) is 2.02. The maximum atomic E-state index is 11.9. The van der Waals surface area contributed by atoms with Gasteiger partial charge in [0.25, 0.3) is 0 Å². The number of esters is 1. The fourth-order valence-electron chi connectivity index (χ4n) is 4.33. The van der Waals surface area contributed by atoms with E-state index < -0.39 is 0 Å². The zero-order valence-electron chi connectivity index (χ0n) is 9.22. The number of ether oxygens (including phenoxy) is 1. The number of hydrogen-bond donors (Lipinski definition) is 0. The largest absolute Gasteiger partial charge is 0.461 e. The summed E-state index contributed by atoms with van der Waals surface area (Å²) < 4.78 is 5.55. The van der Waals surface area contributed by atoms with E-state index in [0.29, 0.717) is 5.41 Å². The van der Waals surface area contributed by atoms with Gasteiger partial charge in [0.05, 0.1) is 5.41 Å². The Morgan fingerprint density at radius 1 is 1.21 bits per heavy atom. The Morgan fingerprint density at radius 3 is 2.64 bits per heavy atom. The van der Waals surface area contributed by atoms with Crippen molar-refractivity contribution in [1.29, 1.82) is 0 Å². The molecule has 0 amide bonds. The summed E-state index contributed by atoms with van der Waals surface area (Å²) in [5.41, 5.74) is 0.262. The van der Waals surface area contributed by atoms with Crippen LogP contribution in [0.2, 0.25) is 0 Å². The first-order valence-electron chi connectivity index (χ1n) is 5.65. The van der Waals surface area contributed by atoms with Crippen LogP contribution in [0.1, 0.15) is 46.5 Å². The lowest BCUT2D eigenvalue weighted by Crippen LogP contribution is -2.42. The molecule has 2 nitrogen and oxygen atoms in total. The van der Waals surface area contributed by atoms with Gasteiger partial charge in [-0.25, -0.2) is 0 Å². The van der Waals surface area contributed by atoms with E-state index >= 15 is 0 Å². The normalized spacial score (nSPS) is 60.2. The fourth-order valence-corrected chi connectivity index (χ4v) is 4.33. The minimum atomic E-state index is -0.192. The first-order valence-corrected chi connectivity index (χ1v) is 5.65. The highest BCUT2D eigenvalue weighted by Crippen LogP contribution is 2.73. The van der Waals surface area contributed by atoms with Crippen LogP contribution in [-0.4, -0.2) is 12.1 Å². The van der Waals surface area contributed by atoms with Gasteiger partial charge in [0.15, 0.2) is 0 Å². The van der Waals surface area contributed by atoms with Gasteiger partial charge < -0.3 is 4.74 Å². The highest BCUT2D eigenvalue weighted by molar-refractivity contribution is 5.81. The van der Waals surface area contributed by atoms with Crippen LogP contribution in [0, 0.1) is 16.2 Å². The molecular formula is C12H18O2. The van der Waals surface area contributed by atoms with Crippen LogP contribution in [0.15, 0.2) is 0 Å². The molecule has 3 aliphatic rings. The fraction of sp³-hybridized carbons (Fsp3) is 0.917. The highest BCUT2D eigenvalue weighted by atomic mass is 16.6. The Hall–Kier alpha value is -0.530. The molecule has 0 N–H and O–H groups in total. The topological polar surface area (TPSA) is 26.3 Å². The molecule has 0 aromatic carbocycles. The molecule has 0 aromatic rings. The van der Waals surface area contributed by atoms with E-state index in [1.54, 1.807) is 0 Å². The van der Waals surface area contributed by atoms with Crippen molar-refractivity contribution >= 4 is 5.97 Å². The molecule has 1 aliphatic heterocycles. The molecule has 2 aliphatic carbocycles. The number of carbonyl (C=O) groups is 1. The van der Waals surface area contributed by atoms with Gasteiger partial charge in [-0.2, -0.15) is 0 Å². The third-order valence-electron chi connectivity index (χ3n) is 5.88. The third-order valence-corrected chi connectivity index (χ3v) is 5.88. The van der Waals surface area contributed by atoms with E-state index in [4.69, 9.17) is 4.74 Å². The minimum Gasteiger partial charge on any atom is -0.461 e. The molecule has 2 heteroatoms. The van der Waals surface area contributed by atoms with E-state index in [9.17, 15) is 4.79 Å². The van der Waals surface area contributed by atoms with Gasteiger partial charge in [0.2, 0.25) is 0 Å². The Balaban J connectivity index is 2.21. The Labute approximate surface area is 85.0 Å². The molecule has 14 heavy (non-hydrogen) atoms. The summed E-state index contributed by atoms with van der Waals surface area (Å²) in [5.74, 6) is 0.0634. The first-order chi connectivity index (χ1) is 6.44. The van der Waals surface area contributed by atoms with Crippen LogP contribution < -0.4 is 0 Å². The SMILES string of the molecule is C[C@]12CC[C@@H]3OC(=O)[C@](C)(CC1)[C@@]32C. The summed E-state index contributed by atoms with van der Waals surface area (Å²) >= 11 is 0. The van der Waals surface area contributed by atoms with Gasteiger partial charge in [-0.3, -0.25) is 4.79 Å². The lowest BCUT2D eigenvalue weighted by Gasteiger charge is -2.39. The average Bonchev–Trinajstić information content (AvgIpc) is 2.59. The smallest absolute Gasteiger partial charge is 0.312 e. The Morgan fingerprint density at radius 2 is 1.93 bits per heavy atom. The quantitative estimate of drug-likeness (QED) is 0.554. The highest BCUT2D eigenvalue weighted by Gasteiger charge is 2.75. The van der Waals surface area contributed by atoms with E-state index in [-0.39, 0.29) is 22.9 Å². The zero-order chi connectivity index (χ0) is 10.2. The third kappa shape index (κ3) is 0.582. The molecule has 78 valence electrons. The van der Waals surface area contributed by atoms with Crippen LogP contribution in [0.25, 0.3) is 0 Å². The maximum absolute atomic E-state index is 11.9. The minimum absolute atomic E-state index is 0.0634. The van der Waals surface area contributed by atoms with Crippen molar-refractivity contribution in [3.8, 4) is 0 Å². The van der Waals surface area contributed by atoms with Crippen LogP contribution in [0.3, 0.4) is 0 Å². The van der Waals surface area contributed by atoms with E-state index in [0.717, 1.165) is 12.8 Å². The Bertz CT molecular complexity index is 324. The lowest BCUT2D eigenvalue weighted by atomic mass is 9.61. The predicted molar refractivity (Wildman–Crippen MR) is 52.7 cm³/mol. The lowest BCUT2D eigenvalue weighted by molar-refractivity contribution is -0.148. The van der Waals surface area contributed by atoms with Crippen molar-refractivity contribution in [2.75, 3.05) is 0 Å². The van der Waals surface area contributed by atoms with E-state index in [1.807, 2.05) is 0 Å². The molecule has 0 bridgehead atoms. The molecule has 1 heterocycles. The van der Waals surface area contributed by atoms with Gasteiger partial charge in [-0.15, -0.1) is 0 Å². The van der Waals surface area contributed by atoms with Gasteiger partial charge in [-0.05, 0) is 38.0 Å². The molecule has 0 unspecified atom stereocenters. The van der Waals surface area contributed by atoms with Crippen molar-refractivity contribution in [3.63, 3.8) is 0 Å². The van der Waals surface area contributed by atoms with Crippen LogP contribution >= 0.6 is 0 Å². The summed E-state index contributed by atoms with van der Waals surface area (Å²) in [6.07, 6.45) is 4.74. The maximum Gasteiger partial charge on any atom is 0.312 e. The van der Waals surface area contributed by atoms with Gasteiger partial charge in [0.1, 0.15) is 6.10 Å².